The zero-order chi connectivity index (χ0) is 14.5. The van der Waals surface area contributed by atoms with E-state index < -0.39 is 11.4 Å². The number of carboxylic acids is 1. The molecule has 3 N–H and O–H groups in total. The van der Waals surface area contributed by atoms with Crippen molar-refractivity contribution in [1.82, 2.24) is 10.6 Å². The molecule has 0 heterocycles. The first-order valence-electron chi connectivity index (χ1n) is 6.15. The van der Waals surface area contributed by atoms with Crippen LogP contribution in [0.4, 0.5) is 4.79 Å². The Morgan fingerprint density at radius 2 is 1.84 bits per heavy atom. The summed E-state index contributed by atoms with van der Waals surface area (Å²) in [6, 6.07) is 9.06. The molecule has 5 nitrogen and oxygen atoms in total. The number of amides is 2. The second-order valence-corrected chi connectivity index (χ2v) is 5.15. The topological polar surface area (TPSA) is 78.4 Å². The number of nitrogens with one attached hydrogen (secondary N) is 2. The van der Waals surface area contributed by atoms with Crippen molar-refractivity contribution < 1.29 is 14.7 Å². The van der Waals surface area contributed by atoms with Crippen LogP contribution in [-0.4, -0.2) is 23.7 Å². The Kier molecular flexibility index (Phi) is 4.92. The lowest BCUT2D eigenvalue weighted by Gasteiger charge is -2.21. The molecule has 0 aromatic heterocycles. The third-order valence-electron chi connectivity index (χ3n) is 2.92. The van der Waals surface area contributed by atoms with Gasteiger partial charge in [0.25, 0.3) is 0 Å². The molecule has 0 spiro atoms. The lowest BCUT2D eigenvalue weighted by atomic mass is 9.94. The van der Waals surface area contributed by atoms with Gasteiger partial charge in [-0.3, -0.25) is 4.79 Å². The van der Waals surface area contributed by atoms with E-state index in [1.807, 2.05) is 37.3 Å². The van der Waals surface area contributed by atoms with Crippen molar-refractivity contribution in [2.75, 3.05) is 6.54 Å². The van der Waals surface area contributed by atoms with E-state index in [1.165, 1.54) is 0 Å². The van der Waals surface area contributed by atoms with Gasteiger partial charge in [0, 0.05) is 6.54 Å². The fourth-order valence-corrected chi connectivity index (χ4v) is 1.45. The number of aliphatic carboxylic acids is 1. The van der Waals surface area contributed by atoms with Crippen LogP contribution in [0.1, 0.15) is 32.4 Å². The summed E-state index contributed by atoms with van der Waals surface area (Å²) < 4.78 is 0. The SMILES string of the molecule is CC(NC(=O)NCC(C)(C)C(=O)O)c1ccccc1. The van der Waals surface area contributed by atoms with Crippen molar-refractivity contribution in [2.24, 2.45) is 5.41 Å². The monoisotopic (exact) mass is 264 g/mol. The Hall–Kier alpha value is -2.04. The minimum atomic E-state index is -0.979. The zero-order valence-electron chi connectivity index (χ0n) is 11.4. The van der Waals surface area contributed by atoms with E-state index in [2.05, 4.69) is 10.6 Å². The fraction of sp³-hybridized carbons (Fsp3) is 0.429. The van der Waals surface area contributed by atoms with Gasteiger partial charge in [-0.15, -0.1) is 0 Å². The van der Waals surface area contributed by atoms with Crippen LogP contribution in [0, 0.1) is 5.41 Å². The van der Waals surface area contributed by atoms with Crippen LogP contribution < -0.4 is 10.6 Å². The minimum absolute atomic E-state index is 0.0790. The second kappa shape index (κ2) is 6.22. The van der Waals surface area contributed by atoms with Crippen LogP contribution in [0.15, 0.2) is 30.3 Å². The Morgan fingerprint density at radius 1 is 1.26 bits per heavy atom. The number of hydrogen-bond donors (Lipinski definition) is 3. The summed E-state index contributed by atoms with van der Waals surface area (Å²) in [6.07, 6.45) is 0. The molecule has 0 aliphatic rings. The van der Waals surface area contributed by atoms with E-state index in [4.69, 9.17) is 5.11 Å². The summed E-state index contributed by atoms with van der Waals surface area (Å²) >= 11 is 0. The standard InChI is InChI=1S/C14H20N2O3/c1-10(11-7-5-4-6-8-11)16-13(19)15-9-14(2,3)12(17)18/h4-8,10H,9H2,1-3H3,(H,17,18)(H2,15,16,19). The van der Waals surface area contributed by atoms with Crippen LogP contribution in [0.3, 0.4) is 0 Å². The molecule has 0 aliphatic heterocycles. The zero-order valence-corrected chi connectivity index (χ0v) is 11.4. The summed E-state index contributed by atoms with van der Waals surface area (Å²) in [5.74, 6) is -0.941. The molecule has 1 rings (SSSR count). The van der Waals surface area contributed by atoms with Gasteiger partial charge < -0.3 is 15.7 Å². The molecule has 0 radical (unpaired) electrons. The Morgan fingerprint density at radius 3 is 2.37 bits per heavy atom. The molecular weight excluding hydrogens is 244 g/mol. The molecule has 1 aromatic rings. The fourth-order valence-electron chi connectivity index (χ4n) is 1.45. The van der Waals surface area contributed by atoms with Gasteiger partial charge >= 0.3 is 12.0 Å². The van der Waals surface area contributed by atoms with Gasteiger partial charge in [0.05, 0.1) is 11.5 Å². The molecule has 0 aliphatic carbocycles. The van der Waals surface area contributed by atoms with Crippen molar-refractivity contribution in [2.45, 2.75) is 26.8 Å². The van der Waals surface area contributed by atoms with Crippen molar-refractivity contribution in [3.63, 3.8) is 0 Å². The van der Waals surface area contributed by atoms with E-state index in [0.717, 1.165) is 5.56 Å². The molecule has 2 amide bonds. The predicted molar refractivity (Wildman–Crippen MR) is 72.8 cm³/mol. The smallest absolute Gasteiger partial charge is 0.315 e. The first-order chi connectivity index (χ1) is 8.83. The maximum Gasteiger partial charge on any atom is 0.315 e. The number of carbonyl (C=O) groups is 2. The molecule has 104 valence electrons. The summed E-state index contributed by atoms with van der Waals surface area (Å²) in [6.45, 7) is 5.08. The molecule has 0 bridgehead atoms. The molecule has 0 fully saturated rings. The average Bonchev–Trinajstić information content (AvgIpc) is 2.37. The average molecular weight is 264 g/mol. The highest BCUT2D eigenvalue weighted by Gasteiger charge is 2.27. The van der Waals surface area contributed by atoms with Gasteiger partial charge in [0.2, 0.25) is 0 Å². The quantitative estimate of drug-likeness (QED) is 0.762. The first-order valence-corrected chi connectivity index (χ1v) is 6.15. The molecule has 0 saturated heterocycles. The van der Waals surface area contributed by atoms with Crippen LogP contribution in [-0.2, 0) is 4.79 Å². The Labute approximate surface area is 113 Å². The molecule has 1 aromatic carbocycles. The van der Waals surface area contributed by atoms with E-state index in [9.17, 15) is 9.59 Å². The van der Waals surface area contributed by atoms with Crippen molar-refractivity contribution in [1.29, 1.82) is 0 Å². The van der Waals surface area contributed by atoms with Crippen molar-refractivity contribution >= 4 is 12.0 Å². The highest BCUT2D eigenvalue weighted by molar-refractivity contribution is 5.77. The van der Waals surface area contributed by atoms with E-state index in [-0.39, 0.29) is 18.6 Å². The molecule has 5 heteroatoms. The number of hydrogen-bond acceptors (Lipinski definition) is 2. The van der Waals surface area contributed by atoms with Crippen LogP contribution in [0.2, 0.25) is 0 Å². The summed E-state index contributed by atoms with van der Waals surface area (Å²) in [4.78, 5) is 22.6. The third-order valence-corrected chi connectivity index (χ3v) is 2.92. The lowest BCUT2D eigenvalue weighted by Crippen LogP contribution is -2.44. The number of rotatable bonds is 5. The molecular formula is C14H20N2O3. The second-order valence-electron chi connectivity index (χ2n) is 5.15. The molecule has 0 saturated carbocycles. The summed E-state index contributed by atoms with van der Waals surface area (Å²) in [5.41, 5.74) is 0.0167. The van der Waals surface area contributed by atoms with Crippen molar-refractivity contribution in [3.05, 3.63) is 35.9 Å². The Balaban J connectivity index is 2.46. The van der Waals surface area contributed by atoms with Gasteiger partial charge in [-0.2, -0.15) is 0 Å². The molecule has 1 unspecified atom stereocenters. The predicted octanol–water partition coefficient (Wildman–Crippen LogP) is 2.16. The van der Waals surface area contributed by atoms with E-state index >= 15 is 0 Å². The highest BCUT2D eigenvalue weighted by Crippen LogP contribution is 2.14. The first kappa shape index (κ1) is 15.0. The van der Waals surface area contributed by atoms with Gasteiger partial charge in [-0.05, 0) is 26.3 Å². The maximum atomic E-state index is 11.7. The summed E-state index contributed by atoms with van der Waals surface area (Å²) in [5, 5.41) is 14.3. The van der Waals surface area contributed by atoms with Gasteiger partial charge in [0.15, 0.2) is 0 Å². The minimum Gasteiger partial charge on any atom is -0.481 e. The third kappa shape index (κ3) is 4.62. The molecule has 19 heavy (non-hydrogen) atoms. The number of benzene rings is 1. The van der Waals surface area contributed by atoms with E-state index in [1.54, 1.807) is 13.8 Å². The summed E-state index contributed by atoms with van der Waals surface area (Å²) in [7, 11) is 0. The number of carboxylic acid groups (broad SMARTS) is 1. The van der Waals surface area contributed by atoms with Gasteiger partial charge in [0.1, 0.15) is 0 Å². The lowest BCUT2D eigenvalue weighted by molar-refractivity contribution is -0.146. The van der Waals surface area contributed by atoms with Crippen LogP contribution >= 0.6 is 0 Å². The highest BCUT2D eigenvalue weighted by atomic mass is 16.4. The number of urea groups is 1. The molecule has 1 atom stereocenters. The maximum absolute atomic E-state index is 11.7. The van der Waals surface area contributed by atoms with Gasteiger partial charge in [-0.25, -0.2) is 4.79 Å². The van der Waals surface area contributed by atoms with E-state index in [0.29, 0.717) is 0 Å². The number of carbonyl (C=O) groups excluding carboxylic acids is 1. The largest absolute Gasteiger partial charge is 0.481 e. The normalized spacial score (nSPS) is 12.6. The van der Waals surface area contributed by atoms with Crippen LogP contribution in [0.5, 0.6) is 0 Å². The van der Waals surface area contributed by atoms with Crippen molar-refractivity contribution in [3.8, 4) is 0 Å². The van der Waals surface area contributed by atoms with Gasteiger partial charge in [-0.1, -0.05) is 30.3 Å². The van der Waals surface area contributed by atoms with Crippen LogP contribution in [0.25, 0.3) is 0 Å². The Bertz CT molecular complexity index is 443.